The largest absolute Gasteiger partial charge is 0.342 e. The van der Waals surface area contributed by atoms with E-state index in [1.54, 1.807) is 0 Å². The van der Waals surface area contributed by atoms with E-state index < -0.39 is 5.41 Å². The number of aromatic amines is 2. The first kappa shape index (κ1) is 33.3. The van der Waals surface area contributed by atoms with Crippen molar-refractivity contribution in [2.45, 2.75) is 85.0 Å². The molecule has 8 heteroatoms. The van der Waals surface area contributed by atoms with Crippen LogP contribution in [0.3, 0.4) is 0 Å². The zero-order chi connectivity index (χ0) is 36.9. The summed E-state index contributed by atoms with van der Waals surface area (Å²) in [5, 5.41) is 19.9. The van der Waals surface area contributed by atoms with Crippen LogP contribution in [0, 0.1) is 17.8 Å². The van der Waals surface area contributed by atoms with Gasteiger partial charge in [-0.05, 0) is 72.8 Å². The third-order valence-corrected chi connectivity index (χ3v) is 12.0. The van der Waals surface area contributed by atoms with E-state index in [1.807, 2.05) is 24.3 Å². The summed E-state index contributed by atoms with van der Waals surface area (Å²) in [5.41, 5.74) is 10.7. The van der Waals surface area contributed by atoms with Crippen molar-refractivity contribution >= 4 is 28.9 Å². The van der Waals surface area contributed by atoms with E-state index in [-0.39, 0.29) is 28.3 Å². The molecule has 4 heterocycles. The maximum absolute atomic E-state index is 14.3. The van der Waals surface area contributed by atoms with Crippen LogP contribution in [0.5, 0.6) is 0 Å². The molecule has 3 aromatic carbocycles. The number of ketones is 2. The first-order valence-corrected chi connectivity index (χ1v) is 18.8. The third-order valence-electron chi connectivity index (χ3n) is 12.0. The molecule has 0 spiro atoms. The summed E-state index contributed by atoms with van der Waals surface area (Å²) in [5.74, 6) is 1.90. The summed E-state index contributed by atoms with van der Waals surface area (Å²) in [6, 6.07) is 29.3. The number of benzene rings is 3. The normalized spacial score (nSPS) is 22.9. The quantitative estimate of drug-likeness (QED) is 0.168. The Labute approximate surface area is 310 Å². The highest BCUT2D eigenvalue weighted by Crippen LogP contribution is 2.56. The molecule has 3 N–H and O–H groups in total. The third kappa shape index (κ3) is 5.24. The first-order chi connectivity index (χ1) is 25.3. The molecule has 0 saturated carbocycles. The van der Waals surface area contributed by atoms with Crippen molar-refractivity contribution in [3.05, 3.63) is 135 Å². The van der Waals surface area contributed by atoms with Gasteiger partial charge in [-0.25, -0.2) is 0 Å². The predicted octanol–water partition coefficient (Wildman–Crippen LogP) is 9.60. The van der Waals surface area contributed by atoms with E-state index >= 15 is 0 Å². The molecule has 2 aromatic heterocycles. The van der Waals surface area contributed by atoms with Crippen molar-refractivity contribution < 1.29 is 9.59 Å². The van der Waals surface area contributed by atoms with Gasteiger partial charge < -0.3 is 5.32 Å². The zero-order valence-corrected chi connectivity index (χ0v) is 31.4. The van der Waals surface area contributed by atoms with Crippen LogP contribution in [-0.2, 0) is 21.4 Å². The van der Waals surface area contributed by atoms with E-state index in [4.69, 9.17) is 10.2 Å². The Morgan fingerprint density at radius 3 is 2.13 bits per heavy atom. The summed E-state index contributed by atoms with van der Waals surface area (Å²) in [6.45, 7) is 12.9. The summed E-state index contributed by atoms with van der Waals surface area (Å²) in [7, 11) is 0. The molecule has 268 valence electrons. The summed E-state index contributed by atoms with van der Waals surface area (Å²) >= 11 is 0. The molecule has 53 heavy (non-hydrogen) atoms. The lowest BCUT2D eigenvalue weighted by molar-refractivity contribution is -0.119. The number of anilines is 3. The zero-order valence-electron chi connectivity index (χ0n) is 31.4. The minimum absolute atomic E-state index is 0.0863. The molecular weight excluding hydrogens is 657 g/mol. The topological polar surface area (TPSA) is 107 Å². The number of nitrogens with zero attached hydrogens (tertiary/aromatic N) is 3. The van der Waals surface area contributed by atoms with Crippen molar-refractivity contribution in [3.8, 4) is 11.3 Å². The molecule has 0 saturated heterocycles. The number of allylic oxidation sites excluding steroid dienone is 4. The van der Waals surface area contributed by atoms with Crippen LogP contribution < -0.4 is 10.2 Å². The van der Waals surface area contributed by atoms with Gasteiger partial charge in [0, 0.05) is 63.8 Å². The number of hydrogen-bond donors (Lipinski definition) is 3. The Bertz CT molecular complexity index is 2360. The molecule has 2 atom stereocenters. The lowest BCUT2D eigenvalue weighted by Crippen LogP contribution is -2.42. The molecule has 0 bridgehead atoms. The van der Waals surface area contributed by atoms with E-state index in [9.17, 15) is 9.59 Å². The number of hydrogen-bond acceptors (Lipinski definition) is 6. The highest BCUT2D eigenvalue weighted by molar-refractivity contribution is 6.04. The fraction of sp³-hybridized carbons (Fsp3) is 0.333. The molecular formula is C45H46N6O2. The monoisotopic (exact) mass is 702 g/mol. The van der Waals surface area contributed by atoms with Gasteiger partial charge in [-0.2, -0.15) is 10.2 Å². The Kier molecular flexibility index (Phi) is 7.39. The Morgan fingerprint density at radius 1 is 0.755 bits per heavy atom. The van der Waals surface area contributed by atoms with Crippen LogP contribution in [0.1, 0.15) is 94.2 Å². The van der Waals surface area contributed by atoms with Crippen LogP contribution in [-0.4, -0.2) is 32.0 Å². The fourth-order valence-electron chi connectivity index (χ4n) is 9.76. The van der Waals surface area contributed by atoms with Crippen LogP contribution in [0.15, 0.2) is 107 Å². The predicted molar refractivity (Wildman–Crippen MR) is 209 cm³/mol. The number of carbonyl (C=O) groups is 2. The van der Waals surface area contributed by atoms with Gasteiger partial charge in [0.25, 0.3) is 0 Å². The number of Topliss-reactive ketones (excluding diaryl/α,β-unsaturated/α-hetero) is 2. The van der Waals surface area contributed by atoms with Gasteiger partial charge in [0.2, 0.25) is 0 Å². The number of aromatic nitrogens is 4. The first-order valence-electron chi connectivity index (χ1n) is 18.8. The number of H-pyrrole nitrogens is 2. The second-order valence-corrected chi connectivity index (χ2v) is 17.2. The number of rotatable bonds is 5. The van der Waals surface area contributed by atoms with Crippen molar-refractivity contribution in [1.82, 2.24) is 20.4 Å². The lowest BCUT2D eigenvalue weighted by atomic mass is 9.61. The van der Waals surface area contributed by atoms with E-state index in [0.717, 1.165) is 92.8 Å². The number of aryl methyl sites for hydroxylation is 1. The highest BCUT2D eigenvalue weighted by Gasteiger charge is 2.50. The van der Waals surface area contributed by atoms with Crippen LogP contribution in [0.2, 0.25) is 0 Å². The lowest BCUT2D eigenvalue weighted by Gasteiger charge is -2.44. The molecule has 2 unspecified atom stereocenters. The van der Waals surface area contributed by atoms with Crippen molar-refractivity contribution in [2.75, 3.05) is 10.2 Å². The molecule has 8 nitrogen and oxygen atoms in total. The average Bonchev–Trinajstić information content (AvgIpc) is 3.72. The van der Waals surface area contributed by atoms with Gasteiger partial charge in [-0.15, -0.1) is 0 Å². The molecule has 0 amide bonds. The number of nitrogens with one attached hydrogen (secondary N) is 3. The minimum atomic E-state index is -0.774. The van der Waals surface area contributed by atoms with Crippen LogP contribution in [0.25, 0.3) is 11.3 Å². The smallest absolute Gasteiger partial charge is 0.163 e. The van der Waals surface area contributed by atoms with Gasteiger partial charge >= 0.3 is 0 Å². The highest BCUT2D eigenvalue weighted by atomic mass is 16.1. The summed E-state index contributed by atoms with van der Waals surface area (Å²) < 4.78 is 0. The maximum Gasteiger partial charge on any atom is 0.163 e. The molecule has 5 aromatic rings. The van der Waals surface area contributed by atoms with E-state index in [1.165, 1.54) is 5.56 Å². The molecule has 0 radical (unpaired) electrons. The number of fused-ring (bicyclic) bond motifs is 2. The van der Waals surface area contributed by atoms with Gasteiger partial charge in [0.1, 0.15) is 0 Å². The Morgan fingerprint density at radius 2 is 1.42 bits per heavy atom. The minimum Gasteiger partial charge on any atom is -0.342 e. The standard InChI is InChI=1S/C45H46N6O2/c1-26-36-31(21-27-13-9-7-10-14-27)37-33(23-44(4,5)24-34(37)52)51(42(36)50-47-26)30-19-17-29(18-20-30)45(6)38-32(22-43(2,3)25-35(38)53)46-41-39(45)40(48-49-41)28-15-11-8-12-16-28/h7-20,31H,21-25H2,1-6H3,(H,47,50)(H2,46,48,49). The van der Waals surface area contributed by atoms with E-state index in [0.29, 0.717) is 12.8 Å². The molecule has 0 fully saturated rings. The second kappa shape index (κ2) is 11.8. The molecule has 4 aliphatic rings. The second-order valence-electron chi connectivity index (χ2n) is 17.2. The van der Waals surface area contributed by atoms with Crippen LogP contribution >= 0.6 is 0 Å². The average molecular weight is 703 g/mol. The Balaban J connectivity index is 1.20. The van der Waals surface area contributed by atoms with E-state index in [2.05, 4.69) is 123 Å². The summed E-state index contributed by atoms with van der Waals surface area (Å²) in [6.07, 6.45) is 3.25. The van der Waals surface area contributed by atoms with Crippen LogP contribution in [0.4, 0.5) is 17.3 Å². The molecule has 9 rings (SSSR count). The van der Waals surface area contributed by atoms with Crippen molar-refractivity contribution in [2.24, 2.45) is 10.8 Å². The number of carbonyl (C=O) groups excluding carboxylic acids is 2. The molecule has 2 aliphatic carbocycles. The SMILES string of the molecule is Cc1[nH]nc2c1C(Cc1ccccc1)C1=C(CC(C)(C)CC1=O)N2c1ccc(C2(C)C3=C(CC(C)(C)CC3=O)Nc3n[nH]c(-c4ccccc4)c32)cc1. The maximum atomic E-state index is 14.3. The molecule has 2 aliphatic heterocycles. The Hall–Kier alpha value is -5.50. The van der Waals surface area contributed by atoms with Gasteiger partial charge in [-0.1, -0.05) is 100 Å². The van der Waals surface area contributed by atoms with Crippen molar-refractivity contribution in [1.29, 1.82) is 0 Å². The van der Waals surface area contributed by atoms with Gasteiger partial charge in [0.15, 0.2) is 23.2 Å². The fourth-order valence-corrected chi connectivity index (χ4v) is 9.76. The van der Waals surface area contributed by atoms with Gasteiger partial charge in [-0.3, -0.25) is 24.7 Å². The van der Waals surface area contributed by atoms with Crippen molar-refractivity contribution in [3.63, 3.8) is 0 Å². The summed E-state index contributed by atoms with van der Waals surface area (Å²) in [4.78, 5) is 30.8. The van der Waals surface area contributed by atoms with Gasteiger partial charge in [0.05, 0.1) is 11.1 Å².